The highest BCUT2D eigenvalue weighted by Crippen LogP contribution is 2.20. The highest BCUT2D eigenvalue weighted by Gasteiger charge is 2.22. The van der Waals surface area contributed by atoms with Gasteiger partial charge in [-0.2, -0.15) is 4.98 Å². The first-order valence-electron chi connectivity index (χ1n) is 7.06. The first kappa shape index (κ1) is 14.6. The maximum absolute atomic E-state index is 12.0. The molecule has 1 fully saturated rings. The minimum atomic E-state index is -0.208. The molecule has 1 saturated heterocycles. The van der Waals surface area contributed by atoms with Crippen LogP contribution in [0.3, 0.4) is 0 Å². The number of nitrogens with one attached hydrogen (secondary N) is 2. The molecule has 0 aliphatic carbocycles. The van der Waals surface area contributed by atoms with E-state index < -0.39 is 0 Å². The molecule has 1 aliphatic heterocycles. The maximum atomic E-state index is 12.0. The molecule has 1 atom stereocenters. The van der Waals surface area contributed by atoms with Crippen molar-refractivity contribution in [3.63, 3.8) is 0 Å². The molecule has 6 heteroatoms. The Labute approximate surface area is 120 Å². The normalized spacial score (nSPS) is 19.2. The summed E-state index contributed by atoms with van der Waals surface area (Å²) >= 11 is 0. The van der Waals surface area contributed by atoms with Gasteiger partial charge in [0.1, 0.15) is 11.9 Å². The summed E-state index contributed by atoms with van der Waals surface area (Å²) in [5, 5.41) is 6.22. The summed E-state index contributed by atoms with van der Waals surface area (Å²) in [7, 11) is 3.82. The van der Waals surface area contributed by atoms with E-state index in [1.165, 1.54) is 0 Å². The van der Waals surface area contributed by atoms with E-state index in [2.05, 4.69) is 20.6 Å². The van der Waals surface area contributed by atoms with Crippen molar-refractivity contribution < 1.29 is 4.79 Å². The number of carbonyl (C=O) groups is 1. The van der Waals surface area contributed by atoms with Crippen molar-refractivity contribution in [2.75, 3.05) is 30.9 Å². The van der Waals surface area contributed by atoms with Crippen LogP contribution >= 0.6 is 0 Å². The minimum Gasteiger partial charge on any atom is -0.358 e. The largest absolute Gasteiger partial charge is 0.358 e. The Morgan fingerprint density at radius 3 is 2.70 bits per heavy atom. The van der Waals surface area contributed by atoms with E-state index in [1.54, 1.807) is 0 Å². The summed E-state index contributed by atoms with van der Waals surface area (Å²) in [6.45, 7) is 4.70. The summed E-state index contributed by atoms with van der Waals surface area (Å²) in [5.41, 5.74) is 1.92. The number of carbonyl (C=O) groups excluding carboxylic acids is 1. The Morgan fingerprint density at radius 1 is 1.25 bits per heavy atom. The van der Waals surface area contributed by atoms with E-state index in [0.29, 0.717) is 5.95 Å². The summed E-state index contributed by atoms with van der Waals surface area (Å²) in [4.78, 5) is 22.8. The van der Waals surface area contributed by atoms with E-state index in [-0.39, 0.29) is 11.9 Å². The molecule has 0 aromatic carbocycles. The molecule has 0 radical (unpaired) electrons. The molecule has 1 aromatic heterocycles. The summed E-state index contributed by atoms with van der Waals surface area (Å²) in [6.07, 6.45) is 2.92. The number of amides is 1. The van der Waals surface area contributed by atoms with Crippen LogP contribution in [0, 0.1) is 13.8 Å². The molecule has 6 nitrogen and oxygen atoms in total. The van der Waals surface area contributed by atoms with E-state index in [1.807, 2.05) is 32.8 Å². The fourth-order valence-electron chi connectivity index (χ4n) is 2.20. The highest BCUT2D eigenvalue weighted by molar-refractivity contribution is 5.84. The summed E-state index contributed by atoms with van der Waals surface area (Å²) in [5.74, 6) is 1.47. The van der Waals surface area contributed by atoms with Crippen molar-refractivity contribution in [2.24, 2.45) is 0 Å². The molecular weight excluding hydrogens is 254 g/mol. The van der Waals surface area contributed by atoms with Crippen LogP contribution < -0.4 is 15.5 Å². The first-order valence-corrected chi connectivity index (χ1v) is 7.06. The number of anilines is 2. The second-order valence-corrected chi connectivity index (χ2v) is 5.46. The second-order valence-electron chi connectivity index (χ2n) is 5.46. The van der Waals surface area contributed by atoms with Crippen LogP contribution in [-0.4, -0.2) is 42.6 Å². The van der Waals surface area contributed by atoms with Gasteiger partial charge in [0.15, 0.2) is 0 Å². The van der Waals surface area contributed by atoms with Crippen molar-refractivity contribution in [1.82, 2.24) is 15.3 Å². The average Bonchev–Trinajstić information content (AvgIpc) is 2.60. The van der Waals surface area contributed by atoms with Gasteiger partial charge in [-0.25, -0.2) is 4.98 Å². The third-order valence-corrected chi connectivity index (χ3v) is 3.62. The van der Waals surface area contributed by atoms with Gasteiger partial charge in [0.2, 0.25) is 11.9 Å². The van der Waals surface area contributed by atoms with Crippen molar-refractivity contribution in [1.29, 1.82) is 0 Å². The standard InChI is InChI=1S/C14H23N5O/c1-9-10(2)16-14(19(3)4)18-12(9)17-11-7-5-6-8-15-13(11)20/h11H,5-8H2,1-4H3,(H,15,20)(H,16,17,18)/t11-/m0/s1. The third kappa shape index (κ3) is 3.18. The van der Waals surface area contributed by atoms with Crippen molar-refractivity contribution in [3.8, 4) is 0 Å². The molecule has 0 spiro atoms. The Bertz CT molecular complexity index is 501. The van der Waals surface area contributed by atoms with Crippen LogP contribution in [0.25, 0.3) is 0 Å². The van der Waals surface area contributed by atoms with Crippen LogP contribution in [0.4, 0.5) is 11.8 Å². The fourth-order valence-corrected chi connectivity index (χ4v) is 2.20. The lowest BCUT2D eigenvalue weighted by atomic mass is 10.1. The van der Waals surface area contributed by atoms with E-state index >= 15 is 0 Å². The SMILES string of the molecule is Cc1nc(N(C)C)nc(N[C@H]2CCCCNC2=O)c1C. The molecule has 0 saturated carbocycles. The number of hydrogen-bond acceptors (Lipinski definition) is 5. The van der Waals surface area contributed by atoms with Crippen LogP contribution in [0.1, 0.15) is 30.5 Å². The van der Waals surface area contributed by atoms with Crippen molar-refractivity contribution >= 4 is 17.7 Å². The Morgan fingerprint density at radius 2 is 2.00 bits per heavy atom. The smallest absolute Gasteiger partial charge is 0.242 e. The monoisotopic (exact) mass is 277 g/mol. The lowest BCUT2D eigenvalue weighted by Gasteiger charge is -2.20. The molecule has 20 heavy (non-hydrogen) atoms. The van der Waals surface area contributed by atoms with Gasteiger partial charge in [0.25, 0.3) is 0 Å². The third-order valence-electron chi connectivity index (χ3n) is 3.62. The molecule has 1 aromatic rings. The van der Waals surface area contributed by atoms with Crippen molar-refractivity contribution in [2.45, 2.75) is 39.2 Å². The lowest BCUT2D eigenvalue weighted by molar-refractivity contribution is -0.121. The van der Waals surface area contributed by atoms with E-state index in [9.17, 15) is 4.79 Å². The second kappa shape index (κ2) is 6.07. The number of hydrogen-bond donors (Lipinski definition) is 2. The van der Waals surface area contributed by atoms with Crippen LogP contribution in [0.5, 0.6) is 0 Å². The van der Waals surface area contributed by atoms with Gasteiger partial charge in [0, 0.05) is 31.9 Å². The van der Waals surface area contributed by atoms with Gasteiger partial charge in [-0.1, -0.05) is 0 Å². The quantitative estimate of drug-likeness (QED) is 0.870. The first-order chi connectivity index (χ1) is 9.49. The Kier molecular flexibility index (Phi) is 4.42. The molecule has 1 aliphatic rings. The number of aryl methyl sites for hydroxylation is 1. The molecular formula is C14H23N5O. The Hall–Kier alpha value is -1.85. The zero-order valence-corrected chi connectivity index (χ0v) is 12.7. The molecule has 2 N–H and O–H groups in total. The Balaban J connectivity index is 2.25. The predicted molar refractivity (Wildman–Crippen MR) is 80.1 cm³/mol. The van der Waals surface area contributed by atoms with Gasteiger partial charge in [-0.15, -0.1) is 0 Å². The molecule has 0 bridgehead atoms. The summed E-state index contributed by atoms with van der Waals surface area (Å²) < 4.78 is 0. The molecule has 110 valence electrons. The molecule has 1 amide bonds. The van der Waals surface area contributed by atoms with Gasteiger partial charge < -0.3 is 15.5 Å². The molecule has 2 rings (SSSR count). The highest BCUT2D eigenvalue weighted by atomic mass is 16.2. The zero-order chi connectivity index (χ0) is 14.7. The van der Waals surface area contributed by atoms with Gasteiger partial charge in [-0.05, 0) is 33.1 Å². The van der Waals surface area contributed by atoms with E-state index in [4.69, 9.17) is 0 Å². The minimum absolute atomic E-state index is 0.0598. The van der Waals surface area contributed by atoms with Crippen LogP contribution in [0.15, 0.2) is 0 Å². The maximum Gasteiger partial charge on any atom is 0.242 e. The van der Waals surface area contributed by atoms with Crippen LogP contribution in [-0.2, 0) is 4.79 Å². The summed E-state index contributed by atoms with van der Waals surface area (Å²) in [6, 6.07) is -0.208. The number of nitrogens with zero attached hydrogens (tertiary/aromatic N) is 3. The number of aromatic nitrogens is 2. The van der Waals surface area contributed by atoms with Gasteiger partial charge in [0.05, 0.1) is 0 Å². The van der Waals surface area contributed by atoms with E-state index in [0.717, 1.165) is 42.9 Å². The van der Waals surface area contributed by atoms with Crippen molar-refractivity contribution in [3.05, 3.63) is 11.3 Å². The van der Waals surface area contributed by atoms with Gasteiger partial charge >= 0.3 is 0 Å². The topological polar surface area (TPSA) is 70.2 Å². The van der Waals surface area contributed by atoms with Gasteiger partial charge in [-0.3, -0.25) is 4.79 Å². The predicted octanol–water partition coefficient (Wildman–Crippen LogP) is 1.24. The fraction of sp³-hybridized carbons (Fsp3) is 0.643. The average molecular weight is 277 g/mol. The number of rotatable bonds is 3. The lowest BCUT2D eigenvalue weighted by Crippen LogP contribution is -2.38. The molecule has 2 heterocycles. The zero-order valence-electron chi connectivity index (χ0n) is 12.7. The molecule has 0 unspecified atom stereocenters. The van der Waals surface area contributed by atoms with Crippen LogP contribution in [0.2, 0.25) is 0 Å².